The van der Waals surface area contributed by atoms with E-state index in [9.17, 15) is 5.11 Å². The smallest absolute Gasteiger partial charge is 0.141 e. The Hall–Kier alpha value is -0.970. The van der Waals surface area contributed by atoms with E-state index in [0.29, 0.717) is 22.9 Å². The van der Waals surface area contributed by atoms with Gasteiger partial charge in [-0.05, 0) is 24.0 Å². The standard InChI is InChI=1S/C13H20ClNO3/c1-8(4-9(16)7-15)10-5-11(14)13(18-3)6-12(10)17-2/h5-6,8-9,16H,4,7,15H2,1-3H3. The van der Waals surface area contributed by atoms with E-state index in [1.165, 1.54) is 0 Å². The quantitative estimate of drug-likeness (QED) is 0.834. The van der Waals surface area contributed by atoms with Crippen LogP contribution in [0.1, 0.15) is 24.8 Å². The molecule has 0 heterocycles. The zero-order valence-electron chi connectivity index (χ0n) is 10.9. The van der Waals surface area contributed by atoms with Crippen molar-refractivity contribution in [2.75, 3.05) is 20.8 Å². The van der Waals surface area contributed by atoms with Crippen LogP contribution in [0.5, 0.6) is 11.5 Å². The monoisotopic (exact) mass is 273 g/mol. The highest BCUT2D eigenvalue weighted by Gasteiger charge is 2.17. The summed E-state index contributed by atoms with van der Waals surface area (Å²) >= 11 is 6.11. The van der Waals surface area contributed by atoms with Gasteiger partial charge in [0.1, 0.15) is 11.5 Å². The number of methoxy groups -OCH3 is 2. The molecule has 102 valence electrons. The molecule has 0 aromatic heterocycles. The zero-order chi connectivity index (χ0) is 13.7. The SMILES string of the molecule is COc1cc(OC)c(C(C)CC(O)CN)cc1Cl. The number of aliphatic hydroxyl groups is 1. The summed E-state index contributed by atoms with van der Waals surface area (Å²) in [4.78, 5) is 0. The molecule has 3 N–H and O–H groups in total. The van der Waals surface area contributed by atoms with Crippen molar-refractivity contribution in [3.05, 3.63) is 22.7 Å². The van der Waals surface area contributed by atoms with Crippen molar-refractivity contribution in [2.45, 2.75) is 25.4 Å². The van der Waals surface area contributed by atoms with E-state index in [1.807, 2.05) is 13.0 Å². The van der Waals surface area contributed by atoms with Crippen LogP contribution >= 0.6 is 11.6 Å². The molecule has 0 fully saturated rings. The first-order chi connectivity index (χ1) is 8.53. The summed E-state index contributed by atoms with van der Waals surface area (Å²) in [6.07, 6.45) is 0.0424. The third kappa shape index (κ3) is 3.51. The summed E-state index contributed by atoms with van der Waals surface area (Å²) < 4.78 is 10.5. The highest BCUT2D eigenvalue weighted by atomic mass is 35.5. The predicted octanol–water partition coefficient (Wildman–Crippen LogP) is 2.17. The lowest BCUT2D eigenvalue weighted by Crippen LogP contribution is -2.21. The minimum Gasteiger partial charge on any atom is -0.496 e. The van der Waals surface area contributed by atoms with Crippen molar-refractivity contribution in [1.29, 1.82) is 0 Å². The van der Waals surface area contributed by atoms with E-state index in [2.05, 4.69) is 0 Å². The molecule has 0 amide bonds. The molecule has 0 saturated carbocycles. The second-order valence-electron chi connectivity index (χ2n) is 4.25. The molecule has 0 spiro atoms. The minimum atomic E-state index is -0.523. The maximum atomic E-state index is 9.60. The van der Waals surface area contributed by atoms with Crippen molar-refractivity contribution >= 4 is 11.6 Å². The third-order valence-electron chi connectivity index (χ3n) is 2.93. The first-order valence-corrected chi connectivity index (χ1v) is 6.20. The Morgan fingerprint density at radius 3 is 2.39 bits per heavy atom. The number of hydrogen-bond acceptors (Lipinski definition) is 4. The minimum absolute atomic E-state index is 0.0990. The van der Waals surface area contributed by atoms with Crippen molar-refractivity contribution in [2.24, 2.45) is 5.73 Å². The van der Waals surface area contributed by atoms with E-state index in [0.717, 1.165) is 5.56 Å². The molecule has 18 heavy (non-hydrogen) atoms. The average molecular weight is 274 g/mol. The molecule has 4 nitrogen and oxygen atoms in total. The van der Waals surface area contributed by atoms with Gasteiger partial charge in [0.2, 0.25) is 0 Å². The summed E-state index contributed by atoms with van der Waals surface area (Å²) in [6, 6.07) is 3.57. The van der Waals surface area contributed by atoms with Crippen molar-refractivity contribution in [3.63, 3.8) is 0 Å². The molecule has 0 aliphatic heterocycles. The lowest BCUT2D eigenvalue weighted by molar-refractivity contribution is 0.164. The maximum Gasteiger partial charge on any atom is 0.141 e. The molecule has 0 bridgehead atoms. The largest absolute Gasteiger partial charge is 0.496 e. The van der Waals surface area contributed by atoms with Gasteiger partial charge >= 0.3 is 0 Å². The number of aliphatic hydroxyl groups excluding tert-OH is 1. The number of halogens is 1. The third-order valence-corrected chi connectivity index (χ3v) is 3.23. The van der Waals surface area contributed by atoms with Gasteiger partial charge in [-0.3, -0.25) is 0 Å². The summed E-state index contributed by atoms with van der Waals surface area (Å²) in [7, 11) is 3.15. The van der Waals surface area contributed by atoms with Gasteiger partial charge in [0.15, 0.2) is 0 Å². The fourth-order valence-electron chi connectivity index (χ4n) is 1.90. The zero-order valence-corrected chi connectivity index (χ0v) is 11.7. The van der Waals surface area contributed by atoms with Gasteiger partial charge in [0, 0.05) is 12.6 Å². The lowest BCUT2D eigenvalue weighted by Gasteiger charge is -2.19. The van der Waals surface area contributed by atoms with E-state index >= 15 is 0 Å². The highest BCUT2D eigenvalue weighted by Crippen LogP contribution is 2.37. The fourth-order valence-corrected chi connectivity index (χ4v) is 2.15. The van der Waals surface area contributed by atoms with E-state index in [1.54, 1.807) is 20.3 Å². The maximum absolute atomic E-state index is 9.60. The van der Waals surface area contributed by atoms with Crippen LogP contribution in [0.4, 0.5) is 0 Å². The first-order valence-electron chi connectivity index (χ1n) is 5.83. The van der Waals surface area contributed by atoms with Gasteiger partial charge < -0.3 is 20.3 Å². The second-order valence-corrected chi connectivity index (χ2v) is 4.66. The molecule has 0 saturated heterocycles. The number of hydrogen-bond donors (Lipinski definition) is 2. The van der Waals surface area contributed by atoms with Crippen LogP contribution in [0.3, 0.4) is 0 Å². The highest BCUT2D eigenvalue weighted by molar-refractivity contribution is 6.32. The molecule has 5 heteroatoms. The van der Waals surface area contributed by atoms with E-state index in [4.69, 9.17) is 26.8 Å². The number of nitrogens with two attached hydrogens (primary N) is 1. The van der Waals surface area contributed by atoms with Gasteiger partial charge in [-0.2, -0.15) is 0 Å². The van der Waals surface area contributed by atoms with Crippen LogP contribution in [0.2, 0.25) is 5.02 Å². The van der Waals surface area contributed by atoms with Crippen molar-refractivity contribution < 1.29 is 14.6 Å². The summed E-state index contributed by atoms with van der Waals surface area (Å²) in [5, 5.41) is 10.1. The molecule has 0 aliphatic rings. The van der Waals surface area contributed by atoms with Crippen LogP contribution in [-0.2, 0) is 0 Å². The molecule has 0 aliphatic carbocycles. The number of ether oxygens (including phenoxy) is 2. The predicted molar refractivity (Wildman–Crippen MR) is 72.6 cm³/mol. The number of benzene rings is 1. The molecular weight excluding hydrogens is 254 g/mol. The lowest BCUT2D eigenvalue weighted by atomic mass is 9.94. The van der Waals surface area contributed by atoms with Crippen LogP contribution in [0, 0.1) is 0 Å². The molecule has 2 unspecified atom stereocenters. The van der Waals surface area contributed by atoms with Gasteiger partial charge in [-0.1, -0.05) is 18.5 Å². The summed E-state index contributed by atoms with van der Waals surface area (Å²) in [5.41, 5.74) is 6.36. The van der Waals surface area contributed by atoms with Gasteiger partial charge in [-0.25, -0.2) is 0 Å². The number of rotatable bonds is 6. The Morgan fingerprint density at radius 2 is 1.89 bits per heavy atom. The molecule has 2 atom stereocenters. The Bertz CT molecular complexity index is 398. The van der Waals surface area contributed by atoms with E-state index in [-0.39, 0.29) is 12.5 Å². The Labute approximate surface area is 113 Å². The van der Waals surface area contributed by atoms with Crippen LogP contribution in [0.15, 0.2) is 12.1 Å². The molecule has 1 rings (SSSR count). The average Bonchev–Trinajstić information content (AvgIpc) is 2.38. The van der Waals surface area contributed by atoms with Crippen molar-refractivity contribution in [3.8, 4) is 11.5 Å². The second kappa shape index (κ2) is 6.83. The fraction of sp³-hybridized carbons (Fsp3) is 0.538. The van der Waals surface area contributed by atoms with Gasteiger partial charge in [0.25, 0.3) is 0 Å². The molecule has 1 aromatic rings. The van der Waals surface area contributed by atoms with Gasteiger partial charge in [-0.15, -0.1) is 0 Å². The molecule has 1 aromatic carbocycles. The van der Waals surface area contributed by atoms with Crippen LogP contribution in [0.25, 0.3) is 0 Å². The first kappa shape index (κ1) is 15.1. The van der Waals surface area contributed by atoms with Crippen molar-refractivity contribution in [1.82, 2.24) is 0 Å². The summed E-state index contributed by atoms with van der Waals surface area (Å²) in [6.45, 7) is 2.25. The van der Waals surface area contributed by atoms with Gasteiger partial charge in [0.05, 0.1) is 25.3 Å². The molecular formula is C13H20ClNO3. The Kier molecular flexibility index (Phi) is 5.72. The van der Waals surface area contributed by atoms with Crippen LogP contribution in [-0.4, -0.2) is 32.0 Å². The topological polar surface area (TPSA) is 64.7 Å². The normalized spacial score (nSPS) is 14.1. The summed E-state index contributed by atoms with van der Waals surface area (Å²) in [5.74, 6) is 1.37. The Morgan fingerprint density at radius 1 is 1.28 bits per heavy atom. The molecule has 0 radical (unpaired) electrons. The van der Waals surface area contributed by atoms with Crippen LogP contribution < -0.4 is 15.2 Å². The van der Waals surface area contributed by atoms with E-state index < -0.39 is 6.10 Å². The Balaban J connectivity index is 3.03.